The molecule has 2 aliphatic heterocycles. The maximum absolute atomic E-state index is 13.7. The largest absolute Gasteiger partial charge is 0.494 e. The molecule has 0 radical (unpaired) electrons. The van der Waals surface area contributed by atoms with Crippen LogP contribution in [0.3, 0.4) is 0 Å². The first-order valence-corrected chi connectivity index (χ1v) is 14.4. The van der Waals surface area contributed by atoms with E-state index in [9.17, 15) is 24.4 Å². The molecule has 0 unspecified atom stereocenters. The van der Waals surface area contributed by atoms with E-state index >= 15 is 0 Å². The number of benzene rings is 1. The van der Waals surface area contributed by atoms with Crippen molar-refractivity contribution in [1.82, 2.24) is 16.1 Å². The number of fused-ring (bicyclic) bond motifs is 11. The highest BCUT2D eigenvalue weighted by atomic mass is 16.5. The van der Waals surface area contributed by atoms with Gasteiger partial charge in [-0.25, -0.2) is 5.48 Å². The van der Waals surface area contributed by atoms with Crippen LogP contribution in [0.1, 0.15) is 64.9 Å². The second-order valence-electron chi connectivity index (χ2n) is 10.9. The van der Waals surface area contributed by atoms with E-state index < -0.39 is 35.6 Å². The average molecular weight is 575 g/mol. The Labute approximate surface area is 242 Å². The summed E-state index contributed by atoms with van der Waals surface area (Å²) >= 11 is 0. The molecule has 2 aliphatic rings. The van der Waals surface area contributed by atoms with E-state index in [-0.39, 0.29) is 36.4 Å². The van der Waals surface area contributed by atoms with Gasteiger partial charge in [0, 0.05) is 31.3 Å². The van der Waals surface area contributed by atoms with Crippen molar-refractivity contribution in [3.05, 3.63) is 29.8 Å². The summed E-state index contributed by atoms with van der Waals surface area (Å²) < 4.78 is 5.82. The number of carbonyl (C=O) groups is 4. The van der Waals surface area contributed by atoms with Crippen LogP contribution < -0.4 is 32.3 Å². The third-order valence-corrected chi connectivity index (χ3v) is 7.17. The van der Waals surface area contributed by atoms with Gasteiger partial charge in [-0.2, -0.15) is 0 Å². The number of hydroxylamine groups is 1. The number of nitrogens with zero attached hydrogens (tertiary/aromatic N) is 1. The highest BCUT2D eigenvalue weighted by molar-refractivity contribution is 5.94. The van der Waals surface area contributed by atoms with Crippen molar-refractivity contribution >= 4 is 29.5 Å². The monoisotopic (exact) mass is 574 g/mol. The molecule has 8 N–H and O–H groups in total. The van der Waals surface area contributed by atoms with Crippen LogP contribution in [-0.2, 0) is 25.6 Å². The highest BCUT2D eigenvalue weighted by Crippen LogP contribution is 2.27. The number of hydrogen-bond donors (Lipinski definition) is 6. The fourth-order valence-electron chi connectivity index (χ4n) is 5.11. The van der Waals surface area contributed by atoms with Crippen molar-refractivity contribution < 1.29 is 29.1 Å². The molecule has 12 nitrogen and oxygen atoms in total. The Balaban J connectivity index is 2.39. The fraction of sp³-hybridized carbons (Fsp3) is 0.621. The van der Waals surface area contributed by atoms with E-state index in [0.717, 1.165) is 5.56 Å². The lowest BCUT2D eigenvalue weighted by Crippen LogP contribution is -2.49. The lowest BCUT2D eigenvalue weighted by atomic mass is 9.81. The molecule has 0 aromatic heterocycles. The molecule has 1 aromatic carbocycles. The minimum Gasteiger partial charge on any atom is -0.494 e. The Hall–Kier alpha value is -3.67. The van der Waals surface area contributed by atoms with E-state index in [1.807, 2.05) is 26.0 Å². The number of aliphatic imine (C=N–C) groups is 1. The first-order chi connectivity index (χ1) is 19.5. The molecule has 12 heteroatoms. The van der Waals surface area contributed by atoms with E-state index in [0.29, 0.717) is 57.6 Å². The van der Waals surface area contributed by atoms with Crippen molar-refractivity contribution in [1.29, 1.82) is 0 Å². The van der Waals surface area contributed by atoms with E-state index in [4.69, 9.17) is 16.2 Å². The predicted octanol–water partition coefficient (Wildman–Crippen LogP) is 1.44. The Bertz CT molecular complexity index is 1040. The molecule has 0 spiro atoms. The predicted molar refractivity (Wildman–Crippen MR) is 155 cm³/mol. The molecule has 3 amide bonds. The standard InChI is InChI=1S/C29H46N6O6/c1-4-32-26(37)20(7-5-13-33-29(30)31)17-25(36)24-16-19-9-11-21(12-10-19)41-14-6-8-22(28(39)35-40)23(15-18(2)3)27(38)34-24/h9-12,18,20,22-24,40H,4-8,13-17H2,1-3H3,(H,32,37)(H,34,38)(H,35,39)(H4,30,31,33)/t20-,22+,23-,24+/m1/s1. The molecule has 0 fully saturated rings. The number of ketones is 1. The number of rotatable bonds is 12. The Morgan fingerprint density at radius 1 is 1.20 bits per heavy atom. The summed E-state index contributed by atoms with van der Waals surface area (Å²) in [5.41, 5.74) is 13.3. The summed E-state index contributed by atoms with van der Waals surface area (Å²) in [6.07, 6.45) is 2.17. The minimum atomic E-state index is -0.931. The normalized spacial score (nSPS) is 20.2. The van der Waals surface area contributed by atoms with Gasteiger partial charge in [0.15, 0.2) is 11.7 Å². The molecular formula is C29H46N6O6. The van der Waals surface area contributed by atoms with Crippen molar-refractivity contribution in [2.24, 2.45) is 40.1 Å². The molecule has 0 aliphatic carbocycles. The summed E-state index contributed by atoms with van der Waals surface area (Å²) in [5.74, 6) is -3.18. The van der Waals surface area contributed by atoms with Crippen LogP contribution in [0.4, 0.5) is 0 Å². The van der Waals surface area contributed by atoms with E-state index in [1.54, 1.807) is 24.5 Å². The quantitative estimate of drug-likeness (QED) is 0.0708. The van der Waals surface area contributed by atoms with Crippen LogP contribution in [0.5, 0.6) is 5.75 Å². The van der Waals surface area contributed by atoms with Gasteiger partial charge < -0.3 is 26.8 Å². The summed E-state index contributed by atoms with van der Waals surface area (Å²) in [4.78, 5) is 57.0. The van der Waals surface area contributed by atoms with Gasteiger partial charge in [-0.15, -0.1) is 0 Å². The maximum Gasteiger partial charge on any atom is 0.247 e. The van der Waals surface area contributed by atoms with Gasteiger partial charge in [-0.1, -0.05) is 26.0 Å². The average Bonchev–Trinajstić information content (AvgIpc) is 2.93. The molecule has 3 rings (SSSR count). The molecule has 2 heterocycles. The van der Waals surface area contributed by atoms with Gasteiger partial charge in [-0.05, 0) is 69.1 Å². The molecule has 2 bridgehead atoms. The third kappa shape index (κ3) is 11.4. The third-order valence-electron chi connectivity index (χ3n) is 7.17. The number of carbonyl (C=O) groups excluding carboxylic acids is 4. The topological polar surface area (TPSA) is 198 Å². The van der Waals surface area contributed by atoms with Crippen molar-refractivity contribution in [3.63, 3.8) is 0 Å². The number of ether oxygens (including phenoxy) is 1. The van der Waals surface area contributed by atoms with Crippen LogP contribution in [0.25, 0.3) is 0 Å². The zero-order chi connectivity index (χ0) is 30.4. The number of hydrogen-bond acceptors (Lipinski definition) is 7. The van der Waals surface area contributed by atoms with Gasteiger partial charge >= 0.3 is 0 Å². The van der Waals surface area contributed by atoms with Gasteiger partial charge in [0.05, 0.1) is 18.6 Å². The van der Waals surface area contributed by atoms with Crippen LogP contribution >= 0.6 is 0 Å². The number of amides is 3. The van der Waals surface area contributed by atoms with Crippen molar-refractivity contribution in [2.45, 2.75) is 71.8 Å². The second kappa shape index (κ2) is 17.2. The van der Waals surface area contributed by atoms with Gasteiger partial charge in [0.2, 0.25) is 17.7 Å². The zero-order valence-electron chi connectivity index (χ0n) is 24.4. The Morgan fingerprint density at radius 3 is 2.51 bits per heavy atom. The fourth-order valence-corrected chi connectivity index (χ4v) is 5.11. The second-order valence-corrected chi connectivity index (χ2v) is 10.9. The zero-order valence-corrected chi connectivity index (χ0v) is 24.4. The van der Waals surface area contributed by atoms with Gasteiger partial charge in [0.1, 0.15) is 5.75 Å². The van der Waals surface area contributed by atoms with Crippen LogP contribution in [-0.4, -0.2) is 60.4 Å². The molecule has 41 heavy (non-hydrogen) atoms. The molecule has 1 aromatic rings. The van der Waals surface area contributed by atoms with Crippen LogP contribution in [0.2, 0.25) is 0 Å². The highest BCUT2D eigenvalue weighted by Gasteiger charge is 2.36. The minimum absolute atomic E-state index is 0.0429. The number of nitrogens with two attached hydrogens (primary N) is 2. The number of nitrogens with one attached hydrogen (secondary N) is 3. The number of Topliss-reactive ketones (excluding diaryl/α,β-unsaturated/α-hetero) is 1. The summed E-state index contributed by atoms with van der Waals surface area (Å²) in [5, 5.41) is 15.1. The summed E-state index contributed by atoms with van der Waals surface area (Å²) in [7, 11) is 0. The van der Waals surface area contributed by atoms with Crippen molar-refractivity contribution in [2.75, 3.05) is 19.7 Å². The Kier molecular flexibility index (Phi) is 14.1. The van der Waals surface area contributed by atoms with Crippen molar-refractivity contribution in [3.8, 4) is 5.75 Å². The molecule has 4 atom stereocenters. The Morgan fingerprint density at radius 2 is 1.90 bits per heavy atom. The smallest absolute Gasteiger partial charge is 0.247 e. The molecule has 0 saturated carbocycles. The lowest BCUT2D eigenvalue weighted by Gasteiger charge is -2.29. The summed E-state index contributed by atoms with van der Waals surface area (Å²) in [6.45, 7) is 6.77. The first-order valence-electron chi connectivity index (χ1n) is 14.4. The summed E-state index contributed by atoms with van der Waals surface area (Å²) in [6, 6.07) is 6.35. The van der Waals surface area contributed by atoms with Gasteiger partial charge in [0.25, 0.3) is 0 Å². The van der Waals surface area contributed by atoms with E-state index in [1.165, 1.54) is 0 Å². The lowest BCUT2D eigenvalue weighted by molar-refractivity contribution is -0.142. The van der Waals surface area contributed by atoms with E-state index in [2.05, 4.69) is 15.6 Å². The number of guanidine groups is 1. The molecule has 228 valence electrons. The maximum atomic E-state index is 13.7. The molecular weight excluding hydrogens is 528 g/mol. The SMILES string of the molecule is CCNC(=O)[C@H](CCCN=C(N)N)CC(=O)[C@@H]1Cc2ccc(cc2)OCCC[C@H](C(=O)NO)[C@@H](CC(C)C)C(=O)N1. The molecule has 0 saturated heterocycles. The van der Waals surface area contributed by atoms with Gasteiger partial charge in [-0.3, -0.25) is 29.4 Å². The first kappa shape index (κ1) is 33.5. The van der Waals surface area contributed by atoms with Crippen LogP contribution in [0.15, 0.2) is 29.3 Å². The van der Waals surface area contributed by atoms with Crippen LogP contribution in [0, 0.1) is 23.7 Å².